The van der Waals surface area contributed by atoms with Crippen molar-refractivity contribution < 1.29 is 17.2 Å². The predicted octanol–water partition coefficient (Wildman–Crippen LogP) is 1.52. The minimum absolute atomic E-state index is 0. The van der Waals surface area contributed by atoms with Gasteiger partial charge in [-0.3, -0.25) is 4.55 Å². The van der Waals surface area contributed by atoms with E-state index in [0.29, 0.717) is 6.42 Å². The second kappa shape index (κ2) is 10.0. The molecule has 0 fully saturated rings. The van der Waals surface area contributed by atoms with E-state index in [1.165, 1.54) is 19.3 Å². The van der Waals surface area contributed by atoms with Crippen LogP contribution >= 0.6 is 0 Å². The predicted molar refractivity (Wildman–Crippen MR) is 58.0 cm³/mol. The van der Waals surface area contributed by atoms with Crippen LogP contribution in [0.4, 0.5) is 0 Å². The molecule has 0 spiro atoms. The Labute approximate surface area is 98.5 Å². The van der Waals surface area contributed by atoms with E-state index < -0.39 is 10.4 Å². The van der Waals surface area contributed by atoms with Gasteiger partial charge >= 0.3 is 29.3 Å². The second-order valence-corrected chi connectivity index (χ2v) is 4.11. The second-order valence-electron chi connectivity index (χ2n) is 3.02. The van der Waals surface area contributed by atoms with Crippen LogP contribution in [0.25, 0.3) is 0 Å². The van der Waals surface area contributed by atoms with Gasteiger partial charge in [0.15, 0.2) is 0 Å². The topological polar surface area (TPSA) is 63.6 Å². The molecule has 6 heteroatoms. The SMILES string of the molecule is CCCCCCCCOS(=O)(=O)O.[LiH]. The van der Waals surface area contributed by atoms with Gasteiger partial charge in [-0.15, -0.1) is 0 Å². The molecule has 14 heavy (non-hydrogen) atoms. The van der Waals surface area contributed by atoms with E-state index in [4.69, 9.17) is 4.55 Å². The first-order chi connectivity index (χ1) is 6.06. The van der Waals surface area contributed by atoms with Crippen LogP contribution in [-0.2, 0) is 14.6 Å². The van der Waals surface area contributed by atoms with Crippen molar-refractivity contribution in [3.8, 4) is 0 Å². The standard InChI is InChI=1S/C8H18O4S.Li.H/c1-2-3-4-5-6-7-8-12-13(9,10)11;;/h2-8H2,1H3,(H,9,10,11);;. The van der Waals surface area contributed by atoms with Gasteiger partial charge in [0, 0.05) is 0 Å². The third kappa shape index (κ3) is 15.0. The summed E-state index contributed by atoms with van der Waals surface area (Å²) in [6.07, 6.45) is 6.34. The number of hydrogen-bond donors (Lipinski definition) is 1. The summed E-state index contributed by atoms with van der Waals surface area (Å²) in [5, 5.41) is 0. The normalized spacial score (nSPS) is 11.0. The third-order valence-electron chi connectivity index (χ3n) is 1.73. The summed E-state index contributed by atoms with van der Waals surface area (Å²) in [5.74, 6) is 0. The van der Waals surface area contributed by atoms with Crippen molar-refractivity contribution in [1.29, 1.82) is 0 Å². The fourth-order valence-electron chi connectivity index (χ4n) is 1.05. The quantitative estimate of drug-likeness (QED) is 0.381. The zero-order chi connectivity index (χ0) is 10.2. The van der Waals surface area contributed by atoms with E-state index >= 15 is 0 Å². The van der Waals surface area contributed by atoms with Crippen molar-refractivity contribution in [1.82, 2.24) is 0 Å². The first-order valence-corrected chi connectivity index (χ1v) is 6.04. The Morgan fingerprint density at radius 1 is 1.07 bits per heavy atom. The van der Waals surface area contributed by atoms with Crippen LogP contribution in [0.3, 0.4) is 0 Å². The molecule has 0 heterocycles. The minimum atomic E-state index is -4.22. The van der Waals surface area contributed by atoms with Crippen LogP contribution in [0, 0.1) is 0 Å². The van der Waals surface area contributed by atoms with Crippen molar-refractivity contribution >= 4 is 29.3 Å². The molecule has 0 bridgehead atoms. The molecule has 0 saturated carbocycles. The van der Waals surface area contributed by atoms with Crippen LogP contribution in [0.1, 0.15) is 45.4 Å². The summed E-state index contributed by atoms with van der Waals surface area (Å²) < 4.78 is 32.6. The van der Waals surface area contributed by atoms with Gasteiger partial charge in [0.05, 0.1) is 6.61 Å². The Hall–Kier alpha value is 0.467. The fourth-order valence-corrected chi connectivity index (χ4v) is 1.38. The molecule has 0 aliphatic rings. The first-order valence-electron chi connectivity index (χ1n) is 4.68. The van der Waals surface area contributed by atoms with E-state index in [2.05, 4.69) is 11.1 Å². The summed E-state index contributed by atoms with van der Waals surface area (Å²) in [6, 6.07) is 0. The average Bonchev–Trinajstić information content (AvgIpc) is 2.01. The monoisotopic (exact) mass is 218 g/mol. The van der Waals surface area contributed by atoms with Crippen molar-refractivity contribution in [3.63, 3.8) is 0 Å². The zero-order valence-corrected chi connectivity index (χ0v) is 8.85. The van der Waals surface area contributed by atoms with Crippen LogP contribution < -0.4 is 0 Å². The maximum absolute atomic E-state index is 10.1. The molecule has 1 N–H and O–H groups in total. The molecular weight excluding hydrogens is 199 g/mol. The number of rotatable bonds is 8. The van der Waals surface area contributed by atoms with Crippen LogP contribution in [0.2, 0.25) is 0 Å². The Bertz CT molecular complexity index is 203. The molecule has 0 aromatic rings. The molecule has 0 aliphatic carbocycles. The molecule has 0 aromatic carbocycles. The summed E-state index contributed by atoms with van der Waals surface area (Å²) in [5.41, 5.74) is 0. The van der Waals surface area contributed by atoms with Gasteiger partial charge in [-0.05, 0) is 6.42 Å². The van der Waals surface area contributed by atoms with E-state index in [0.717, 1.165) is 12.8 Å². The Kier molecular flexibility index (Phi) is 12.1. The maximum atomic E-state index is 10.1. The van der Waals surface area contributed by atoms with Gasteiger partial charge < -0.3 is 0 Å². The summed E-state index contributed by atoms with van der Waals surface area (Å²) >= 11 is 0. The molecule has 0 aliphatic heterocycles. The van der Waals surface area contributed by atoms with Gasteiger partial charge in [0.1, 0.15) is 0 Å². The van der Waals surface area contributed by atoms with Crippen molar-refractivity contribution in [2.45, 2.75) is 45.4 Å². The zero-order valence-electron chi connectivity index (χ0n) is 8.03. The first kappa shape index (κ1) is 16.9. The molecule has 0 amide bonds. The molecule has 4 nitrogen and oxygen atoms in total. The van der Waals surface area contributed by atoms with Gasteiger partial charge in [-0.25, -0.2) is 4.18 Å². The number of hydrogen-bond acceptors (Lipinski definition) is 3. The summed E-state index contributed by atoms with van der Waals surface area (Å²) in [6.45, 7) is 2.23. The summed E-state index contributed by atoms with van der Waals surface area (Å²) in [4.78, 5) is 0. The number of unbranched alkanes of at least 4 members (excludes halogenated alkanes) is 5. The van der Waals surface area contributed by atoms with Crippen molar-refractivity contribution in [2.75, 3.05) is 6.61 Å². The summed E-state index contributed by atoms with van der Waals surface area (Å²) in [7, 11) is -4.22. The van der Waals surface area contributed by atoms with E-state index in [-0.39, 0.29) is 25.5 Å². The molecule has 0 saturated heterocycles. The van der Waals surface area contributed by atoms with Crippen LogP contribution in [-0.4, -0.2) is 38.4 Å². The molecule has 0 rings (SSSR count). The molecule has 0 aromatic heterocycles. The van der Waals surface area contributed by atoms with Crippen LogP contribution in [0.15, 0.2) is 0 Å². The third-order valence-corrected chi connectivity index (χ3v) is 2.19. The van der Waals surface area contributed by atoms with E-state index in [1.54, 1.807) is 0 Å². The van der Waals surface area contributed by atoms with E-state index in [1.807, 2.05) is 0 Å². The molecule has 0 unspecified atom stereocenters. The molecular formula is C8H19LiO4S. The van der Waals surface area contributed by atoms with E-state index in [9.17, 15) is 8.42 Å². The van der Waals surface area contributed by atoms with Gasteiger partial charge in [0.2, 0.25) is 0 Å². The van der Waals surface area contributed by atoms with Gasteiger partial charge in [0.25, 0.3) is 0 Å². The van der Waals surface area contributed by atoms with Crippen LogP contribution in [0.5, 0.6) is 0 Å². The van der Waals surface area contributed by atoms with Gasteiger partial charge in [-0.1, -0.05) is 39.0 Å². The van der Waals surface area contributed by atoms with Crippen molar-refractivity contribution in [3.05, 3.63) is 0 Å². The van der Waals surface area contributed by atoms with Crippen molar-refractivity contribution in [2.24, 2.45) is 0 Å². The molecule has 82 valence electrons. The van der Waals surface area contributed by atoms with Gasteiger partial charge in [-0.2, -0.15) is 8.42 Å². The molecule has 0 atom stereocenters. The Morgan fingerprint density at radius 2 is 1.57 bits per heavy atom. The fraction of sp³-hybridized carbons (Fsp3) is 1.00. The Balaban J connectivity index is 0. The molecule has 0 radical (unpaired) electrons. The Morgan fingerprint density at radius 3 is 2.07 bits per heavy atom. The average molecular weight is 218 g/mol.